The van der Waals surface area contributed by atoms with Crippen molar-refractivity contribution in [3.63, 3.8) is 0 Å². The molecule has 2 rings (SSSR count). The maximum Gasteiger partial charge on any atom is 0.271 e. The number of hydrogen-bond acceptors (Lipinski definition) is 2. The highest BCUT2D eigenvalue weighted by atomic mass is 16.2. The van der Waals surface area contributed by atoms with Crippen molar-refractivity contribution in [2.24, 2.45) is 5.10 Å². The number of rotatable bonds is 3. The molecular weight excluding hydrogens is 224 g/mol. The lowest BCUT2D eigenvalue weighted by molar-refractivity contribution is 0.0954. The van der Waals surface area contributed by atoms with Crippen molar-refractivity contribution in [2.75, 3.05) is 0 Å². The minimum atomic E-state index is -0.194. The predicted molar refractivity (Wildman–Crippen MR) is 72.7 cm³/mol. The van der Waals surface area contributed by atoms with Gasteiger partial charge in [0.05, 0.1) is 6.21 Å². The molecule has 0 spiro atoms. The zero-order chi connectivity index (χ0) is 12.8. The quantitative estimate of drug-likeness (QED) is 0.648. The second-order valence-electron chi connectivity index (χ2n) is 3.92. The molecule has 0 bridgehead atoms. The van der Waals surface area contributed by atoms with E-state index in [0.717, 1.165) is 11.1 Å². The zero-order valence-corrected chi connectivity index (χ0v) is 10.1. The van der Waals surface area contributed by atoms with E-state index >= 15 is 0 Å². The Bertz CT molecular complexity index is 562. The van der Waals surface area contributed by atoms with Gasteiger partial charge in [-0.25, -0.2) is 5.43 Å². The molecule has 0 aliphatic carbocycles. The van der Waals surface area contributed by atoms with Crippen molar-refractivity contribution in [3.05, 3.63) is 71.3 Å². The van der Waals surface area contributed by atoms with Gasteiger partial charge in [0.2, 0.25) is 0 Å². The van der Waals surface area contributed by atoms with Crippen molar-refractivity contribution in [1.29, 1.82) is 0 Å². The second kappa shape index (κ2) is 5.77. The first kappa shape index (κ1) is 12.0. The molecule has 3 nitrogen and oxygen atoms in total. The molecule has 0 saturated carbocycles. The molecule has 0 aliphatic rings. The zero-order valence-electron chi connectivity index (χ0n) is 10.1. The Balaban J connectivity index is 2.01. The van der Waals surface area contributed by atoms with Gasteiger partial charge >= 0.3 is 0 Å². The first-order valence-corrected chi connectivity index (χ1v) is 5.71. The Hall–Kier alpha value is -2.42. The van der Waals surface area contributed by atoms with Crippen molar-refractivity contribution in [3.8, 4) is 0 Å². The van der Waals surface area contributed by atoms with Gasteiger partial charge in [0.25, 0.3) is 5.91 Å². The van der Waals surface area contributed by atoms with Crippen LogP contribution in [0.2, 0.25) is 0 Å². The number of hydrazone groups is 1. The van der Waals surface area contributed by atoms with Crippen LogP contribution in [0.25, 0.3) is 0 Å². The van der Waals surface area contributed by atoms with E-state index in [0.29, 0.717) is 5.56 Å². The Morgan fingerprint density at radius 2 is 1.72 bits per heavy atom. The third-order valence-corrected chi connectivity index (χ3v) is 2.57. The highest BCUT2D eigenvalue weighted by Gasteiger charge is 2.05. The molecule has 0 aliphatic heterocycles. The van der Waals surface area contributed by atoms with Crippen LogP contribution >= 0.6 is 0 Å². The van der Waals surface area contributed by atoms with E-state index in [2.05, 4.69) is 10.5 Å². The normalized spacial score (nSPS) is 10.5. The van der Waals surface area contributed by atoms with Crippen molar-refractivity contribution >= 4 is 12.1 Å². The molecule has 2 aromatic rings. The van der Waals surface area contributed by atoms with Crippen LogP contribution in [-0.2, 0) is 0 Å². The number of amides is 1. The van der Waals surface area contributed by atoms with E-state index in [9.17, 15) is 4.79 Å². The minimum Gasteiger partial charge on any atom is -0.267 e. The average Bonchev–Trinajstić information content (AvgIpc) is 2.40. The Morgan fingerprint density at radius 3 is 2.44 bits per heavy atom. The number of carbonyl (C=O) groups is 1. The topological polar surface area (TPSA) is 41.5 Å². The monoisotopic (exact) mass is 238 g/mol. The van der Waals surface area contributed by atoms with Gasteiger partial charge in [-0.1, -0.05) is 48.5 Å². The van der Waals surface area contributed by atoms with Crippen molar-refractivity contribution < 1.29 is 4.79 Å². The highest BCUT2D eigenvalue weighted by Crippen LogP contribution is 2.06. The predicted octanol–water partition coefficient (Wildman–Crippen LogP) is 2.76. The van der Waals surface area contributed by atoms with E-state index in [-0.39, 0.29) is 5.91 Å². The summed E-state index contributed by atoms with van der Waals surface area (Å²) in [5, 5.41) is 3.93. The molecule has 0 atom stereocenters. The van der Waals surface area contributed by atoms with Crippen LogP contribution in [0.4, 0.5) is 0 Å². The Kier molecular flexibility index (Phi) is 3.86. The molecule has 0 fully saturated rings. The molecule has 0 aromatic heterocycles. The maximum absolute atomic E-state index is 11.8. The number of aryl methyl sites for hydroxylation is 1. The third-order valence-electron chi connectivity index (χ3n) is 2.57. The fourth-order valence-corrected chi connectivity index (χ4v) is 1.59. The summed E-state index contributed by atoms with van der Waals surface area (Å²) in [6.07, 6.45) is 1.62. The third kappa shape index (κ3) is 3.04. The van der Waals surface area contributed by atoms with Crippen LogP contribution in [0, 0.1) is 6.92 Å². The van der Waals surface area contributed by atoms with E-state index in [1.54, 1.807) is 12.3 Å². The van der Waals surface area contributed by atoms with Crippen LogP contribution in [0.15, 0.2) is 59.7 Å². The largest absolute Gasteiger partial charge is 0.271 e. The number of hydrogen-bond donors (Lipinski definition) is 1. The standard InChI is InChI=1S/C15H14N2O/c1-12-7-5-6-10-14(12)15(18)17-16-11-13-8-3-2-4-9-13/h2-11H,1H3,(H,17,18). The number of carbonyl (C=O) groups excluding carboxylic acids is 1. The van der Waals surface area contributed by atoms with Crippen molar-refractivity contribution in [1.82, 2.24) is 5.43 Å². The van der Waals surface area contributed by atoms with Gasteiger partial charge in [-0.3, -0.25) is 4.79 Å². The van der Waals surface area contributed by atoms with Gasteiger partial charge in [0.15, 0.2) is 0 Å². The summed E-state index contributed by atoms with van der Waals surface area (Å²) in [7, 11) is 0. The molecule has 18 heavy (non-hydrogen) atoms. The fourth-order valence-electron chi connectivity index (χ4n) is 1.59. The van der Waals surface area contributed by atoms with Gasteiger partial charge in [-0.05, 0) is 24.1 Å². The summed E-state index contributed by atoms with van der Waals surface area (Å²) < 4.78 is 0. The van der Waals surface area contributed by atoms with Crippen LogP contribution in [-0.4, -0.2) is 12.1 Å². The summed E-state index contributed by atoms with van der Waals surface area (Å²) in [5.41, 5.74) is 5.04. The van der Waals surface area contributed by atoms with Gasteiger partial charge < -0.3 is 0 Å². The minimum absolute atomic E-state index is 0.194. The molecule has 0 unspecified atom stereocenters. The molecule has 2 aromatic carbocycles. The summed E-state index contributed by atoms with van der Waals surface area (Å²) in [4.78, 5) is 11.8. The van der Waals surface area contributed by atoms with E-state index in [1.165, 1.54) is 0 Å². The Morgan fingerprint density at radius 1 is 1.06 bits per heavy atom. The lowest BCUT2D eigenvalue weighted by atomic mass is 10.1. The highest BCUT2D eigenvalue weighted by molar-refractivity contribution is 5.96. The molecule has 0 saturated heterocycles. The molecule has 1 N–H and O–H groups in total. The molecule has 3 heteroatoms. The first-order valence-electron chi connectivity index (χ1n) is 5.71. The smallest absolute Gasteiger partial charge is 0.267 e. The fraction of sp³-hybridized carbons (Fsp3) is 0.0667. The Labute approximate surface area is 106 Å². The van der Waals surface area contributed by atoms with Crippen LogP contribution < -0.4 is 5.43 Å². The molecule has 1 amide bonds. The molecule has 90 valence electrons. The molecule has 0 heterocycles. The van der Waals surface area contributed by atoms with Gasteiger partial charge in [0, 0.05) is 5.56 Å². The van der Waals surface area contributed by atoms with Gasteiger partial charge in [0.1, 0.15) is 0 Å². The van der Waals surface area contributed by atoms with Gasteiger partial charge in [-0.2, -0.15) is 5.10 Å². The summed E-state index contributed by atoms with van der Waals surface area (Å²) in [6.45, 7) is 1.90. The first-order chi connectivity index (χ1) is 8.77. The maximum atomic E-state index is 11.8. The molecule has 0 radical (unpaired) electrons. The number of nitrogens with one attached hydrogen (secondary N) is 1. The van der Waals surface area contributed by atoms with Crippen molar-refractivity contribution in [2.45, 2.75) is 6.92 Å². The summed E-state index contributed by atoms with van der Waals surface area (Å²) in [6, 6.07) is 17.0. The average molecular weight is 238 g/mol. The van der Waals surface area contributed by atoms with Gasteiger partial charge in [-0.15, -0.1) is 0 Å². The summed E-state index contributed by atoms with van der Waals surface area (Å²) >= 11 is 0. The SMILES string of the molecule is Cc1ccccc1C(=O)NN=Cc1ccccc1. The van der Waals surface area contributed by atoms with Crippen LogP contribution in [0.3, 0.4) is 0 Å². The second-order valence-corrected chi connectivity index (χ2v) is 3.92. The van der Waals surface area contributed by atoms with Crippen LogP contribution in [0.1, 0.15) is 21.5 Å². The lowest BCUT2D eigenvalue weighted by Crippen LogP contribution is -2.18. The lowest BCUT2D eigenvalue weighted by Gasteiger charge is -2.02. The van der Waals surface area contributed by atoms with E-state index < -0.39 is 0 Å². The van der Waals surface area contributed by atoms with Crippen LogP contribution in [0.5, 0.6) is 0 Å². The van der Waals surface area contributed by atoms with E-state index in [1.807, 2.05) is 55.5 Å². The van der Waals surface area contributed by atoms with E-state index in [4.69, 9.17) is 0 Å². The number of nitrogens with zero attached hydrogens (tertiary/aromatic N) is 1. The number of benzene rings is 2. The molecular formula is C15H14N2O. The summed E-state index contributed by atoms with van der Waals surface area (Å²) in [5.74, 6) is -0.194.